The van der Waals surface area contributed by atoms with E-state index in [9.17, 15) is 0 Å². The second-order valence-corrected chi connectivity index (χ2v) is 4.29. The predicted octanol–water partition coefficient (Wildman–Crippen LogP) is 4.71. The molecule has 80 valence electrons. The lowest BCUT2D eigenvalue weighted by Gasteiger charge is -2.07. The monoisotopic (exact) mass is 228 g/mol. The Morgan fingerprint density at radius 3 is 2.31 bits per heavy atom. The van der Waals surface area contributed by atoms with Crippen molar-refractivity contribution < 1.29 is 0 Å². The fraction of sp³-hybridized carbons (Fsp3) is 0.0667. The summed E-state index contributed by atoms with van der Waals surface area (Å²) >= 11 is 5.96. The highest BCUT2D eigenvalue weighted by molar-refractivity contribution is 6.30. The number of rotatable bonds is 2. The van der Waals surface area contributed by atoms with E-state index < -0.39 is 0 Å². The number of halogens is 1. The Kier molecular flexibility index (Phi) is 3.12. The average Bonchev–Trinajstić information content (AvgIpc) is 2.29. The molecule has 0 atom stereocenters. The minimum Gasteiger partial charge on any atom is -0.0906 e. The molecule has 0 unspecified atom stereocenters. The summed E-state index contributed by atoms with van der Waals surface area (Å²) in [4.78, 5) is 0. The Bertz CT molecular complexity index is 509. The molecule has 2 aromatic carbocycles. The van der Waals surface area contributed by atoms with E-state index in [0.717, 1.165) is 21.7 Å². The Balaban J connectivity index is 2.35. The van der Waals surface area contributed by atoms with Crippen LogP contribution >= 0.6 is 11.6 Å². The zero-order chi connectivity index (χ0) is 11.5. The molecule has 0 amide bonds. The SMILES string of the molecule is C=C(c1ccc(C)cc1)c1cccc(Cl)c1. The lowest BCUT2D eigenvalue weighted by molar-refractivity contribution is 1.45. The van der Waals surface area contributed by atoms with Crippen LogP contribution in [0.25, 0.3) is 5.57 Å². The second-order valence-electron chi connectivity index (χ2n) is 3.85. The largest absolute Gasteiger partial charge is 0.0906 e. The maximum Gasteiger partial charge on any atom is 0.0412 e. The van der Waals surface area contributed by atoms with Crippen LogP contribution in [0.3, 0.4) is 0 Å². The Morgan fingerprint density at radius 2 is 1.69 bits per heavy atom. The van der Waals surface area contributed by atoms with E-state index in [0.29, 0.717) is 0 Å². The van der Waals surface area contributed by atoms with E-state index in [1.54, 1.807) is 0 Å². The third-order valence-corrected chi connectivity index (χ3v) is 2.81. The molecule has 0 spiro atoms. The first-order valence-electron chi connectivity index (χ1n) is 5.19. The van der Waals surface area contributed by atoms with Gasteiger partial charge < -0.3 is 0 Å². The van der Waals surface area contributed by atoms with Gasteiger partial charge in [0.2, 0.25) is 0 Å². The van der Waals surface area contributed by atoms with Gasteiger partial charge in [0.25, 0.3) is 0 Å². The molecule has 0 aliphatic carbocycles. The number of aryl methyl sites for hydroxylation is 1. The minimum atomic E-state index is 0.741. The van der Waals surface area contributed by atoms with Gasteiger partial charge in [-0.2, -0.15) is 0 Å². The van der Waals surface area contributed by atoms with Crippen LogP contribution in [-0.4, -0.2) is 0 Å². The van der Waals surface area contributed by atoms with Gasteiger partial charge in [-0.3, -0.25) is 0 Å². The standard InChI is InChI=1S/C15H13Cl/c1-11-6-8-13(9-7-11)12(2)14-4-3-5-15(16)10-14/h3-10H,2H2,1H3. The first kappa shape index (κ1) is 11.0. The number of hydrogen-bond donors (Lipinski definition) is 0. The van der Waals surface area contributed by atoms with Gasteiger partial charge >= 0.3 is 0 Å². The maximum absolute atomic E-state index is 5.96. The zero-order valence-electron chi connectivity index (χ0n) is 9.20. The lowest BCUT2D eigenvalue weighted by Crippen LogP contribution is -1.86. The molecule has 2 aromatic rings. The second kappa shape index (κ2) is 4.54. The summed E-state index contributed by atoms with van der Waals surface area (Å²) in [5, 5.41) is 0.741. The molecule has 0 aliphatic rings. The van der Waals surface area contributed by atoms with Gasteiger partial charge in [-0.15, -0.1) is 0 Å². The van der Waals surface area contributed by atoms with Gasteiger partial charge in [-0.25, -0.2) is 0 Å². The van der Waals surface area contributed by atoms with Crippen molar-refractivity contribution >= 4 is 17.2 Å². The molecule has 16 heavy (non-hydrogen) atoms. The average molecular weight is 229 g/mol. The highest BCUT2D eigenvalue weighted by Crippen LogP contribution is 2.23. The van der Waals surface area contributed by atoms with E-state index >= 15 is 0 Å². The molecule has 0 radical (unpaired) electrons. The summed E-state index contributed by atoms with van der Waals surface area (Å²) in [5.41, 5.74) is 4.45. The first-order valence-corrected chi connectivity index (χ1v) is 5.56. The van der Waals surface area contributed by atoms with Crippen LogP contribution in [0, 0.1) is 6.92 Å². The van der Waals surface area contributed by atoms with Gasteiger partial charge in [-0.05, 0) is 35.8 Å². The van der Waals surface area contributed by atoms with Crippen molar-refractivity contribution in [2.75, 3.05) is 0 Å². The Hall–Kier alpha value is -1.53. The van der Waals surface area contributed by atoms with E-state index in [4.69, 9.17) is 11.6 Å². The molecule has 0 saturated carbocycles. The van der Waals surface area contributed by atoms with Crippen LogP contribution in [0.1, 0.15) is 16.7 Å². The van der Waals surface area contributed by atoms with Crippen molar-refractivity contribution in [2.45, 2.75) is 6.92 Å². The minimum absolute atomic E-state index is 0.741. The molecular weight excluding hydrogens is 216 g/mol. The van der Waals surface area contributed by atoms with Gasteiger partial charge in [-0.1, -0.05) is 60.1 Å². The molecule has 0 bridgehead atoms. The van der Waals surface area contributed by atoms with Crippen molar-refractivity contribution in [2.24, 2.45) is 0 Å². The van der Waals surface area contributed by atoms with Gasteiger partial charge in [0.15, 0.2) is 0 Å². The highest BCUT2D eigenvalue weighted by Gasteiger charge is 2.02. The van der Waals surface area contributed by atoms with Gasteiger partial charge in [0.05, 0.1) is 0 Å². The summed E-state index contributed by atoms with van der Waals surface area (Å²) in [5.74, 6) is 0. The van der Waals surface area contributed by atoms with Gasteiger partial charge in [0, 0.05) is 5.02 Å². The molecule has 0 aliphatic heterocycles. The summed E-state index contributed by atoms with van der Waals surface area (Å²) in [6, 6.07) is 16.1. The molecule has 0 fully saturated rings. The molecule has 0 heterocycles. The van der Waals surface area contributed by atoms with E-state index in [2.05, 4.69) is 37.8 Å². The van der Waals surface area contributed by atoms with E-state index in [1.165, 1.54) is 5.56 Å². The third kappa shape index (κ3) is 2.34. The highest BCUT2D eigenvalue weighted by atomic mass is 35.5. The van der Waals surface area contributed by atoms with Crippen LogP contribution in [0.4, 0.5) is 0 Å². The molecule has 1 heteroatoms. The van der Waals surface area contributed by atoms with Crippen molar-refractivity contribution in [3.8, 4) is 0 Å². The third-order valence-electron chi connectivity index (χ3n) is 2.57. The quantitative estimate of drug-likeness (QED) is 0.698. The summed E-state index contributed by atoms with van der Waals surface area (Å²) in [6.07, 6.45) is 0. The summed E-state index contributed by atoms with van der Waals surface area (Å²) < 4.78 is 0. The summed E-state index contributed by atoms with van der Waals surface area (Å²) in [6.45, 7) is 6.18. The van der Waals surface area contributed by atoms with Crippen molar-refractivity contribution in [3.05, 3.63) is 76.8 Å². The molecule has 2 rings (SSSR count). The van der Waals surface area contributed by atoms with Gasteiger partial charge in [0.1, 0.15) is 0 Å². The zero-order valence-corrected chi connectivity index (χ0v) is 9.96. The van der Waals surface area contributed by atoms with Crippen LogP contribution in [0.15, 0.2) is 55.1 Å². The lowest BCUT2D eigenvalue weighted by atomic mass is 9.99. The first-order chi connectivity index (χ1) is 7.66. The topological polar surface area (TPSA) is 0 Å². The number of benzene rings is 2. The fourth-order valence-electron chi connectivity index (χ4n) is 1.60. The molecular formula is C15H13Cl. The predicted molar refractivity (Wildman–Crippen MR) is 70.8 cm³/mol. The van der Waals surface area contributed by atoms with Crippen LogP contribution in [-0.2, 0) is 0 Å². The molecule has 0 nitrogen and oxygen atoms in total. The van der Waals surface area contributed by atoms with E-state index in [1.807, 2.05) is 24.3 Å². The molecule has 0 saturated heterocycles. The Labute approximate surface area is 101 Å². The maximum atomic E-state index is 5.96. The van der Waals surface area contributed by atoms with Crippen LogP contribution in [0.2, 0.25) is 5.02 Å². The summed E-state index contributed by atoms with van der Waals surface area (Å²) in [7, 11) is 0. The molecule has 0 aromatic heterocycles. The van der Waals surface area contributed by atoms with Crippen LogP contribution in [0.5, 0.6) is 0 Å². The van der Waals surface area contributed by atoms with Crippen molar-refractivity contribution in [1.29, 1.82) is 0 Å². The van der Waals surface area contributed by atoms with Crippen molar-refractivity contribution in [3.63, 3.8) is 0 Å². The molecule has 0 N–H and O–H groups in total. The normalized spacial score (nSPS) is 10.1. The number of hydrogen-bond acceptors (Lipinski definition) is 0. The Morgan fingerprint density at radius 1 is 1.00 bits per heavy atom. The van der Waals surface area contributed by atoms with Crippen LogP contribution < -0.4 is 0 Å². The van der Waals surface area contributed by atoms with E-state index in [-0.39, 0.29) is 0 Å². The smallest absolute Gasteiger partial charge is 0.0412 e. The van der Waals surface area contributed by atoms with Crippen molar-refractivity contribution in [1.82, 2.24) is 0 Å². The fourth-order valence-corrected chi connectivity index (χ4v) is 1.79.